The van der Waals surface area contributed by atoms with Crippen molar-refractivity contribution in [1.82, 2.24) is 9.88 Å². The molecule has 0 fully saturated rings. The van der Waals surface area contributed by atoms with Gasteiger partial charge in [0, 0.05) is 31.4 Å². The summed E-state index contributed by atoms with van der Waals surface area (Å²) in [5.74, 6) is 0.826. The first-order chi connectivity index (χ1) is 9.10. The molecule has 1 heterocycles. The van der Waals surface area contributed by atoms with Crippen LogP contribution in [-0.4, -0.2) is 35.4 Å². The Labute approximate surface area is 116 Å². The highest BCUT2D eigenvalue weighted by molar-refractivity contribution is 5.94. The molecule has 1 rings (SSSR count). The summed E-state index contributed by atoms with van der Waals surface area (Å²) in [5.41, 5.74) is 0.694. The molecule has 106 valence electrons. The third-order valence-corrected chi connectivity index (χ3v) is 3.25. The monoisotopic (exact) mass is 263 g/mol. The fraction of sp³-hybridized carbons (Fsp3) is 0.600. The number of anilines is 1. The van der Waals surface area contributed by atoms with Crippen LogP contribution in [0.5, 0.6) is 0 Å². The van der Waals surface area contributed by atoms with Gasteiger partial charge in [-0.15, -0.1) is 0 Å². The van der Waals surface area contributed by atoms with Crippen molar-refractivity contribution in [3.8, 4) is 0 Å². The van der Waals surface area contributed by atoms with E-state index in [1.165, 1.54) is 0 Å². The van der Waals surface area contributed by atoms with Gasteiger partial charge in [-0.1, -0.05) is 20.3 Å². The molecular formula is C15H25N3O. The maximum absolute atomic E-state index is 12.4. The van der Waals surface area contributed by atoms with Crippen molar-refractivity contribution in [2.75, 3.05) is 18.9 Å². The molecular weight excluding hydrogens is 238 g/mol. The van der Waals surface area contributed by atoms with E-state index in [9.17, 15) is 4.79 Å². The standard InChI is InChI=1S/C15H25N3O/c1-5-7-12(3)18(4)15(19)13-8-10-17-14(11-13)16-9-6-2/h8,10-12H,5-7,9H2,1-4H3,(H,16,17). The number of carbonyl (C=O) groups excluding carboxylic acids is 1. The Bertz CT molecular complexity index is 406. The molecule has 0 aliphatic heterocycles. The van der Waals surface area contributed by atoms with E-state index in [0.29, 0.717) is 5.56 Å². The van der Waals surface area contributed by atoms with Gasteiger partial charge >= 0.3 is 0 Å². The number of hydrogen-bond acceptors (Lipinski definition) is 3. The molecule has 1 atom stereocenters. The molecule has 1 N–H and O–H groups in total. The van der Waals surface area contributed by atoms with E-state index in [-0.39, 0.29) is 11.9 Å². The van der Waals surface area contributed by atoms with Crippen LogP contribution in [0, 0.1) is 0 Å². The highest BCUT2D eigenvalue weighted by Gasteiger charge is 2.17. The van der Waals surface area contributed by atoms with E-state index in [0.717, 1.165) is 31.6 Å². The molecule has 0 bridgehead atoms. The highest BCUT2D eigenvalue weighted by Crippen LogP contribution is 2.12. The van der Waals surface area contributed by atoms with Crippen LogP contribution in [0.2, 0.25) is 0 Å². The summed E-state index contributed by atoms with van der Waals surface area (Å²) in [6.07, 6.45) is 4.82. The number of rotatable bonds is 7. The summed E-state index contributed by atoms with van der Waals surface area (Å²) in [6, 6.07) is 3.86. The molecule has 1 aromatic heterocycles. The van der Waals surface area contributed by atoms with Crippen molar-refractivity contribution in [1.29, 1.82) is 0 Å². The lowest BCUT2D eigenvalue weighted by atomic mass is 10.1. The van der Waals surface area contributed by atoms with Gasteiger partial charge in [0.2, 0.25) is 0 Å². The molecule has 0 saturated carbocycles. The molecule has 1 amide bonds. The average molecular weight is 263 g/mol. The summed E-state index contributed by atoms with van der Waals surface area (Å²) in [6.45, 7) is 7.18. The molecule has 1 unspecified atom stereocenters. The van der Waals surface area contributed by atoms with Crippen LogP contribution in [0.15, 0.2) is 18.3 Å². The molecule has 19 heavy (non-hydrogen) atoms. The van der Waals surface area contributed by atoms with Crippen molar-refractivity contribution in [3.05, 3.63) is 23.9 Å². The van der Waals surface area contributed by atoms with Gasteiger partial charge in [0.15, 0.2) is 0 Å². The number of carbonyl (C=O) groups is 1. The Morgan fingerprint density at radius 2 is 2.16 bits per heavy atom. The zero-order valence-corrected chi connectivity index (χ0v) is 12.4. The minimum atomic E-state index is 0.0582. The van der Waals surface area contributed by atoms with Gasteiger partial charge in [-0.05, 0) is 31.9 Å². The average Bonchev–Trinajstić information content (AvgIpc) is 2.44. The van der Waals surface area contributed by atoms with Gasteiger partial charge in [-0.25, -0.2) is 4.98 Å². The van der Waals surface area contributed by atoms with Gasteiger partial charge in [0.05, 0.1) is 0 Å². The van der Waals surface area contributed by atoms with Gasteiger partial charge < -0.3 is 10.2 Å². The minimum absolute atomic E-state index is 0.0582. The minimum Gasteiger partial charge on any atom is -0.370 e. The Kier molecular flexibility index (Phi) is 6.33. The third-order valence-electron chi connectivity index (χ3n) is 3.25. The molecule has 0 aromatic carbocycles. The maximum Gasteiger partial charge on any atom is 0.254 e. The maximum atomic E-state index is 12.4. The largest absolute Gasteiger partial charge is 0.370 e. The summed E-state index contributed by atoms with van der Waals surface area (Å²) < 4.78 is 0. The number of amides is 1. The molecule has 0 saturated heterocycles. The Morgan fingerprint density at radius 3 is 2.79 bits per heavy atom. The highest BCUT2D eigenvalue weighted by atomic mass is 16.2. The van der Waals surface area contributed by atoms with E-state index in [1.54, 1.807) is 12.3 Å². The molecule has 0 radical (unpaired) electrons. The third kappa shape index (κ3) is 4.54. The molecule has 0 aliphatic carbocycles. The zero-order chi connectivity index (χ0) is 14.3. The van der Waals surface area contributed by atoms with Crippen LogP contribution in [0.4, 0.5) is 5.82 Å². The van der Waals surface area contributed by atoms with Crippen LogP contribution in [0.25, 0.3) is 0 Å². The SMILES string of the molecule is CCCNc1cc(C(=O)N(C)C(C)CCC)ccn1. The lowest BCUT2D eigenvalue weighted by Gasteiger charge is -2.24. The fourth-order valence-electron chi connectivity index (χ4n) is 1.93. The molecule has 0 aliphatic rings. The van der Waals surface area contributed by atoms with E-state index in [1.807, 2.05) is 18.0 Å². The lowest BCUT2D eigenvalue weighted by Crippen LogP contribution is -2.35. The van der Waals surface area contributed by atoms with E-state index < -0.39 is 0 Å². The molecule has 4 nitrogen and oxygen atoms in total. The molecule has 1 aromatic rings. The van der Waals surface area contributed by atoms with Crippen molar-refractivity contribution in [3.63, 3.8) is 0 Å². The van der Waals surface area contributed by atoms with E-state index in [4.69, 9.17) is 0 Å². The van der Waals surface area contributed by atoms with E-state index in [2.05, 4.69) is 31.1 Å². The number of nitrogens with one attached hydrogen (secondary N) is 1. The smallest absolute Gasteiger partial charge is 0.254 e. The predicted octanol–water partition coefficient (Wildman–Crippen LogP) is 3.16. The first-order valence-electron chi connectivity index (χ1n) is 7.07. The predicted molar refractivity (Wildman–Crippen MR) is 79.5 cm³/mol. The summed E-state index contributed by atoms with van der Waals surface area (Å²) in [7, 11) is 1.86. The number of nitrogens with zero attached hydrogens (tertiary/aromatic N) is 2. The van der Waals surface area contributed by atoms with Crippen molar-refractivity contribution >= 4 is 11.7 Å². The second-order valence-electron chi connectivity index (χ2n) is 4.91. The molecule has 0 spiro atoms. The summed E-state index contributed by atoms with van der Waals surface area (Å²) in [5, 5.41) is 3.20. The van der Waals surface area contributed by atoms with E-state index >= 15 is 0 Å². The van der Waals surface area contributed by atoms with Gasteiger partial charge in [-0.2, -0.15) is 0 Å². The second-order valence-corrected chi connectivity index (χ2v) is 4.91. The van der Waals surface area contributed by atoms with Crippen molar-refractivity contribution in [2.45, 2.75) is 46.1 Å². The zero-order valence-electron chi connectivity index (χ0n) is 12.4. The Hall–Kier alpha value is -1.58. The Morgan fingerprint density at radius 1 is 1.42 bits per heavy atom. The summed E-state index contributed by atoms with van der Waals surface area (Å²) in [4.78, 5) is 18.4. The lowest BCUT2D eigenvalue weighted by molar-refractivity contribution is 0.0736. The first kappa shape index (κ1) is 15.5. The number of aromatic nitrogens is 1. The van der Waals surface area contributed by atoms with Crippen LogP contribution in [0.3, 0.4) is 0 Å². The van der Waals surface area contributed by atoms with Crippen LogP contribution in [-0.2, 0) is 0 Å². The Balaban J connectivity index is 2.75. The first-order valence-corrected chi connectivity index (χ1v) is 7.07. The fourth-order valence-corrected chi connectivity index (χ4v) is 1.93. The molecule has 4 heteroatoms. The second kappa shape index (κ2) is 7.77. The van der Waals surface area contributed by atoms with Crippen LogP contribution in [0.1, 0.15) is 50.4 Å². The van der Waals surface area contributed by atoms with Crippen molar-refractivity contribution in [2.24, 2.45) is 0 Å². The topological polar surface area (TPSA) is 45.2 Å². The normalized spacial score (nSPS) is 12.0. The number of pyridine rings is 1. The quantitative estimate of drug-likeness (QED) is 0.822. The van der Waals surface area contributed by atoms with Crippen LogP contribution >= 0.6 is 0 Å². The van der Waals surface area contributed by atoms with Gasteiger partial charge in [0.25, 0.3) is 5.91 Å². The number of hydrogen-bond donors (Lipinski definition) is 1. The van der Waals surface area contributed by atoms with Crippen molar-refractivity contribution < 1.29 is 4.79 Å². The van der Waals surface area contributed by atoms with Gasteiger partial charge in [-0.3, -0.25) is 4.79 Å². The van der Waals surface area contributed by atoms with Crippen LogP contribution < -0.4 is 5.32 Å². The summed E-state index contributed by atoms with van der Waals surface area (Å²) >= 11 is 0. The van der Waals surface area contributed by atoms with Gasteiger partial charge in [0.1, 0.15) is 5.82 Å².